The highest BCUT2D eigenvalue weighted by atomic mass is 32.2. The van der Waals surface area contributed by atoms with Gasteiger partial charge in [0.15, 0.2) is 10.9 Å². The maximum absolute atomic E-state index is 11.2. The molecule has 0 spiro atoms. The number of amidine groups is 1. The van der Waals surface area contributed by atoms with Crippen molar-refractivity contribution >= 4 is 16.9 Å². The molecule has 4 nitrogen and oxygen atoms in total. The lowest BCUT2D eigenvalue weighted by molar-refractivity contribution is -0.0496. The number of aliphatic hydroxyl groups is 1. The van der Waals surface area contributed by atoms with E-state index in [-0.39, 0.29) is 5.25 Å². The third-order valence-electron chi connectivity index (χ3n) is 4.59. The second-order valence-electron chi connectivity index (χ2n) is 5.72. The van der Waals surface area contributed by atoms with Crippen LogP contribution < -0.4 is 0 Å². The Morgan fingerprint density at radius 1 is 1.36 bits per heavy atom. The first-order chi connectivity index (χ1) is 10.6. The van der Waals surface area contributed by atoms with Crippen LogP contribution in [0.5, 0.6) is 0 Å². The van der Waals surface area contributed by atoms with Gasteiger partial charge in [0.25, 0.3) is 0 Å². The Hall–Kier alpha value is -1.85. The van der Waals surface area contributed by atoms with E-state index in [9.17, 15) is 5.11 Å². The highest BCUT2D eigenvalue weighted by Crippen LogP contribution is 2.51. The van der Waals surface area contributed by atoms with E-state index in [4.69, 9.17) is 0 Å². The number of fused-ring (bicyclic) bond motifs is 3. The monoisotopic (exact) mass is 311 g/mol. The molecular formula is C17H17N3OS. The first-order valence-corrected chi connectivity index (χ1v) is 8.16. The predicted molar refractivity (Wildman–Crippen MR) is 89.8 cm³/mol. The summed E-state index contributed by atoms with van der Waals surface area (Å²) in [4.78, 5) is 10.4. The molecule has 2 aromatic rings. The standard InChI is InChI=1S/C17H17N3OS/c1-18-16-20(2)17(21)14-6-5-11(12-4-3-7-19-10-12)8-13(14)9-15(17)22-16/h3-8,10,15,21H,9H2,1-2H3/b18-16-. The van der Waals surface area contributed by atoms with E-state index in [0.717, 1.165) is 28.3 Å². The van der Waals surface area contributed by atoms with Gasteiger partial charge >= 0.3 is 0 Å². The molecule has 1 saturated heterocycles. The zero-order valence-electron chi connectivity index (χ0n) is 12.5. The quantitative estimate of drug-likeness (QED) is 0.879. The molecule has 1 aliphatic heterocycles. The largest absolute Gasteiger partial charge is 0.366 e. The van der Waals surface area contributed by atoms with E-state index < -0.39 is 5.72 Å². The van der Waals surface area contributed by atoms with Crippen LogP contribution in [-0.4, -0.2) is 39.5 Å². The number of hydrogen-bond acceptors (Lipinski definition) is 4. The number of nitrogens with zero attached hydrogens (tertiary/aromatic N) is 3. The molecule has 4 rings (SSSR count). The van der Waals surface area contributed by atoms with Gasteiger partial charge in [-0.25, -0.2) is 0 Å². The number of pyridine rings is 1. The minimum Gasteiger partial charge on any atom is -0.366 e. The molecule has 5 heteroatoms. The molecule has 2 unspecified atom stereocenters. The highest BCUT2D eigenvalue weighted by Gasteiger charge is 2.55. The molecule has 2 atom stereocenters. The van der Waals surface area contributed by atoms with Gasteiger partial charge in [0, 0.05) is 32.1 Å². The van der Waals surface area contributed by atoms with Gasteiger partial charge in [0.05, 0.1) is 5.25 Å². The molecule has 112 valence electrons. The topological polar surface area (TPSA) is 48.7 Å². The molecule has 0 bridgehead atoms. The van der Waals surface area contributed by atoms with Crippen molar-refractivity contribution < 1.29 is 5.11 Å². The van der Waals surface area contributed by atoms with Gasteiger partial charge in [-0.3, -0.25) is 9.98 Å². The Kier molecular flexibility index (Phi) is 3.03. The second kappa shape index (κ2) is 4.83. The summed E-state index contributed by atoms with van der Waals surface area (Å²) < 4.78 is 0. The van der Waals surface area contributed by atoms with Crippen LogP contribution in [0.15, 0.2) is 47.7 Å². The Bertz CT molecular complexity index is 762. The number of aliphatic imine (C=N–C) groups is 1. The van der Waals surface area contributed by atoms with E-state index in [1.165, 1.54) is 5.56 Å². The summed E-state index contributed by atoms with van der Waals surface area (Å²) in [5.41, 5.74) is 3.52. The number of aromatic nitrogens is 1. The molecule has 22 heavy (non-hydrogen) atoms. The normalized spacial score (nSPS) is 28.0. The van der Waals surface area contributed by atoms with Crippen LogP contribution in [-0.2, 0) is 12.1 Å². The van der Waals surface area contributed by atoms with Crippen molar-refractivity contribution in [2.75, 3.05) is 14.1 Å². The van der Waals surface area contributed by atoms with Gasteiger partial charge in [-0.05, 0) is 29.2 Å². The van der Waals surface area contributed by atoms with Gasteiger partial charge in [0.2, 0.25) is 0 Å². The summed E-state index contributed by atoms with van der Waals surface area (Å²) in [6.07, 6.45) is 4.50. The predicted octanol–water partition coefficient (Wildman–Crippen LogP) is 2.48. The third kappa shape index (κ3) is 1.76. The van der Waals surface area contributed by atoms with Crippen LogP contribution >= 0.6 is 11.8 Å². The minimum absolute atomic E-state index is 0.107. The van der Waals surface area contributed by atoms with Crippen LogP contribution in [0.25, 0.3) is 11.1 Å². The Morgan fingerprint density at radius 3 is 2.95 bits per heavy atom. The second-order valence-corrected chi connectivity index (χ2v) is 6.89. The van der Waals surface area contributed by atoms with Crippen molar-refractivity contribution in [3.63, 3.8) is 0 Å². The lowest BCUT2D eigenvalue weighted by atomic mass is 9.99. The maximum atomic E-state index is 11.2. The first kappa shape index (κ1) is 13.8. The number of thioether (sulfide) groups is 1. The fourth-order valence-electron chi connectivity index (χ4n) is 3.43. The SMILES string of the molecule is C/N=C1\SC2Cc3cc(-c4cccnc4)ccc3C2(O)N1C. The zero-order chi connectivity index (χ0) is 15.3. The summed E-state index contributed by atoms with van der Waals surface area (Å²) in [6.45, 7) is 0. The summed E-state index contributed by atoms with van der Waals surface area (Å²) in [5, 5.41) is 12.2. The molecule has 2 aliphatic rings. The summed E-state index contributed by atoms with van der Waals surface area (Å²) >= 11 is 1.66. The fraction of sp³-hybridized carbons (Fsp3) is 0.294. The molecule has 0 saturated carbocycles. The van der Waals surface area contributed by atoms with E-state index in [1.807, 2.05) is 30.3 Å². The van der Waals surface area contributed by atoms with E-state index >= 15 is 0 Å². The zero-order valence-corrected chi connectivity index (χ0v) is 13.3. The molecule has 0 radical (unpaired) electrons. The molecular weight excluding hydrogens is 294 g/mol. The molecule has 1 aromatic heterocycles. The molecule has 0 amide bonds. The van der Waals surface area contributed by atoms with Gasteiger partial charge in [-0.15, -0.1) is 0 Å². The van der Waals surface area contributed by atoms with Crippen LogP contribution in [0.4, 0.5) is 0 Å². The molecule has 2 heterocycles. The van der Waals surface area contributed by atoms with Crippen molar-refractivity contribution in [1.82, 2.24) is 9.88 Å². The lowest BCUT2D eigenvalue weighted by Gasteiger charge is -2.31. The maximum Gasteiger partial charge on any atom is 0.178 e. The molecule has 1 fully saturated rings. The number of benzene rings is 1. The van der Waals surface area contributed by atoms with E-state index in [0.29, 0.717) is 0 Å². The smallest absolute Gasteiger partial charge is 0.178 e. The summed E-state index contributed by atoms with van der Waals surface area (Å²) in [7, 11) is 3.69. The van der Waals surface area contributed by atoms with Crippen molar-refractivity contribution in [2.24, 2.45) is 4.99 Å². The van der Waals surface area contributed by atoms with Crippen LogP contribution in [0.3, 0.4) is 0 Å². The van der Waals surface area contributed by atoms with Crippen LogP contribution in [0, 0.1) is 0 Å². The van der Waals surface area contributed by atoms with Crippen LogP contribution in [0.2, 0.25) is 0 Å². The minimum atomic E-state index is -0.942. The summed E-state index contributed by atoms with van der Waals surface area (Å²) in [6, 6.07) is 10.3. The summed E-state index contributed by atoms with van der Waals surface area (Å²) in [5.74, 6) is 0. The molecule has 1 N–H and O–H groups in total. The van der Waals surface area contributed by atoms with E-state index in [1.54, 1.807) is 25.0 Å². The highest BCUT2D eigenvalue weighted by molar-refractivity contribution is 8.14. The van der Waals surface area contributed by atoms with Crippen molar-refractivity contribution in [2.45, 2.75) is 17.4 Å². The lowest BCUT2D eigenvalue weighted by Crippen LogP contribution is -2.44. The Labute approximate surface area is 133 Å². The number of hydrogen-bond donors (Lipinski definition) is 1. The Balaban J connectivity index is 1.79. The van der Waals surface area contributed by atoms with Gasteiger partial charge < -0.3 is 10.0 Å². The van der Waals surface area contributed by atoms with Crippen molar-refractivity contribution in [3.8, 4) is 11.1 Å². The molecule has 1 aliphatic carbocycles. The van der Waals surface area contributed by atoms with Gasteiger partial charge in [-0.1, -0.05) is 36.0 Å². The fourth-order valence-corrected chi connectivity index (χ4v) is 4.79. The van der Waals surface area contributed by atoms with Crippen molar-refractivity contribution in [1.29, 1.82) is 0 Å². The first-order valence-electron chi connectivity index (χ1n) is 7.28. The van der Waals surface area contributed by atoms with E-state index in [2.05, 4.69) is 28.2 Å². The average Bonchev–Trinajstić information content (AvgIpc) is 2.98. The van der Waals surface area contributed by atoms with Gasteiger partial charge in [0.1, 0.15) is 0 Å². The van der Waals surface area contributed by atoms with Gasteiger partial charge in [-0.2, -0.15) is 0 Å². The Morgan fingerprint density at radius 2 is 2.23 bits per heavy atom. The van der Waals surface area contributed by atoms with Crippen molar-refractivity contribution in [3.05, 3.63) is 53.9 Å². The molecule has 1 aromatic carbocycles. The number of rotatable bonds is 1. The third-order valence-corrected chi connectivity index (χ3v) is 6.04. The van der Waals surface area contributed by atoms with Crippen LogP contribution in [0.1, 0.15) is 11.1 Å². The average molecular weight is 311 g/mol.